The number of hydrogen-bond donors (Lipinski definition) is 2. The molecule has 0 aromatic carbocycles. The monoisotopic (exact) mass is 256 g/mol. The summed E-state index contributed by atoms with van der Waals surface area (Å²) in [6.45, 7) is 1.82. The molecule has 90 valence electrons. The van der Waals surface area contributed by atoms with E-state index in [-0.39, 0.29) is 5.17 Å². The molecule has 1 unspecified atom stereocenters. The molecule has 1 atom stereocenters. The summed E-state index contributed by atoms with van der Waals surface area (Å²) < 4.78 is 0. The molecule has 8 nitrogen and oxygen atoms in total. The van der Waals surface area contributed by atoms with Gasteiger partial charge >= 0.3 is 0 Å². The van der Waals surface area contributed by atoms with E-state index < -0.39 is 11.3 Å². The lowest BCUT2D eigenvalue weighted by atomic mass is 10.4. The zero-order chi connectivity index (χ0) is 12.4. The van der Waals surface area contributed by atoms with E-state index in [9.17, 15) is 10.1 Å². The minimum absolute atomic E-state index is 0.188. The van der Waals surface area contributed by atoms with Crippen molar-refractivity contribution in [2.45, 2.75) is 13.2 Å². The van der Waals surface area contributed by atoms with Crippen molar-refractivity contribution in [3.8, 4) is 0 Å². The molecule has 2 heterocycles. The molecule has 0 saturated heterocycles. The largest absolute Gasteiger partial charge is 0.325 e. The Morgan fingerprint density at radius 1 is 1.71 bits per heavy atom. The number of halogens is 1. The van der Waals surface area contributed by atoms with E-state index in [1.54, 1.807) is 6.07 Å². The van der Waals surface area contributed by atoms with Crippen LogP contribution in [0.3, 0.4) is 0 Å². The molecule has 0 spiro atoms. The Morgan fingerprint density at radius 3 is 3.06 bits per heavy atom. The van der Waals surface area contributed by atoms with Crippen molar-refractivity contribution in [3.63, 3.8) is 0 Å². The average molecular weight is 257 g/mol. The maximum absolute atomic E-state index is 10.8. The molecule has 1 aromatic rings. The van der Waals surface area contributed by atoms with Gasteiger partial charge in [-0.25, -0.2) is 15.1 Å². The fourth-order valence-corrected chi connectivity index (χ4v) is 1.45. The predicted octanol–water partition coefficient (Wildman–Crippen LogP) is 1.07. The molecular formula is C8H9ClN6O2. The summed E-state index contributed by atoms with van der Waals surface area (Å²) in [5.41, 5.74) is 0.835. The normalized spacial score (nSPS) is 19.1. The van der Waals surface area contributed by atoms with Crippen LogP contribution >= 0.6 is 11.6 Å². The van der Waals surface area contributed by atoms with Crippen LogP contribution in [0, 0.1) is 17.0 Å². The van der Waals surface area contributed by atoms with E-state index in [0.29, 0.717) is 5.82 Å². The fourth-order valence-electron chi connectivity index (χ4n) is 1.30. The molecule has 0 aliphatic carbocycles. The van der Waals surface area contributed by atoms with Crippen LogP contribution in [-0.4, -0.2) is 31.7 Å². The molecule has 17 heavy (non-hydrogen) atoms. The maximum atomic E-state index is 10.8. The zero-order valence-corrected chi connectivity index (χ0v) is 9.55. The molecule has 0 saturated carbocycles. The van der Waals surface area contributed by atoms with Crippen LogP contribution in [0.1, 0.15) is 5.69 Å². The summed E-state index contributed by atoms with van der Waals surface area (Å²) in [7, 11) is 0. The van der Waals surface area contributed by atoms with Crippen molar-refractivity contribution in [1.82, 2.24) is 15.2 Å². The second-order valence-corrected chi connectivity index (χ2v) is 3.73. The number of hydrazine groups is 1. The van der Waals surface area contributed by atoms with Crippen LogP contribution in [0.25, 0.3) is 0 Å². The van der Waals surface area contributed by atoms with Crippen LogP contribution < -0.4 is 5.32 Å². The smallest absolute Gasteiger partial charge is 0.259 e. The van der Waals surface area contributed by atoms with E-state index in [0.717, 1.165) is 10.7 Å². The lowest BCUT2D eigenvalue weighted by Gasteiger charge is -2.21. The minimum Gasteiger partial charge on any atom is -0.325 e. The van der Waals surface area contributed by atoms with Gasteiger partial charge < -0.3 is 5.32 Å². The SMILES string of the molecule is Cc1cc(NC2N=C(Cl)C=CN2[N+](=O)[O-])n[nH]1. The van der Waals surface area contributed by atoms with Gasteiger partial charge in [0.05, 0.1) is 6.20 Å². The van der Waals surface area contributed by atoms with Gasteiger partial charge in [0.1, 0.15) is 5.17 Å². The number of H-pyrrole nitrogens is 1. The van der Waals surface area contributed by atoms with Crippen molar-refractivity contribution in [1.29, 1.82) is 0 Å². The third-order valence-electron chi connectivity index (χ3n) is 2.03. The third-order valence-corrected chi connectivity index (χ3v) is 2.26. The average Bonchev–Trinajstić information content (AvgIpc) is 2.63. The number of hydrogen-bond acceptors (Lipinski definition) is 5. The molecular weight excluding hydrogens is 248 g/mol. The summed E-state index contributed by atoms with van der Waals surface area (Å²) >= 11 is 5.70. The van der Waals surface area contributed by atoms with Gasteiger partial charge in [0.2, 0.25) is 0 Å². The molecule has 2 N–H and O–H groups in total. The highest BCUT2D eigenvalue weighted by atomic mass is 35.5. The molecule has 0 amide bonds. The number of nitrogens with one attached hydrogen (secondary N) is 2. The Hall–Kier alpha value is -2.09. The Morgan fingerprint density at radius 2 is 2.47 bits per heavy atom. The van der Waals surface area contributed by atoms with Gasteiger partial charge in [0.25, 0.3) is 6.29 Å². The highest BCUT2D eigenvalue weighted by molar-refractivity contribution is 6.68. The summed E-state index contributed by atoms with van der Waals surface area (Å²) in [6, 6.07) is 1.71. The molecule has 0 fully saturated rings. The lowest BCUT2D eigenvalue weighted by molar-refractivity contribution is -0.646. The lowest BCUT2D eigenvalue weighted by Crippen LogP contribution is -2.41. The zero-order valence-electron chi connectivity index (χ0n) is 8.79. The first kappa shape index (κ1) is 11.4. The Labute approximate surface area is 101 Å². The second-order valence-electron chi connectivity index (χ2n) is 3.34. The van der Waals surface area contributed by atoms with Crippen molar-refractivity contribution in [2.24, 2.45) is 4.99 Å². The molecule has 0 radical (unpaired) electrons. The van der Waals surface area contributed by atoms with E-state index in [1.165, 1.54) is 12.3 Å². The van der Waals surface area contributed by atoms with E-state index >= 15 is 0 Å². The van der Waals surface area contributed by atoms with Gasteiger partial charge in [-0.3, -0.25) is 5.10 Å². The number of nitrogens with zero attached hydrogens (tertiary/aromatic N) is 4. The number of anilines is 1. The Kier molecular flexibility index (Phi) is 2.96. The van der Waals surface area contributed by atoms with E-state index in [2.05, 4.69) is 20.5 Å². The minimum atomic E-state index is -0.912. The van der Waals surface area contributed by atoms with Crippen molar-refractivity contribution < 1.29 is 5.03 Å². The summed E-state index contributed by atoms with van der Waals surface area (Å²) in [6.07, 6.45) is 1.68. The van der Waals surface area contributed by atoms with Gasteiger partial charge in [0, 0.05) is 11.8 Å². The number of aromatic nitrogens is 2. The number of aryl methyl sites for hydroxylation is 1. The van der Waals surface area contributed by atoms with Gasteiger partial charge in [-0.05, 0) is 13.0 Å². The Balaban J connectivity index is 2.17. The van der Waals surface area contributed by atoms with Crippen LogP contribution in [-0.2, 0) is 0 Å². The molecule has 1 aliphatic heterocycles. The number of nitro groups is 1. The van der Waals surface area contributed by atoms with Gasteiger partial charge in [-0.2, -0.15) is 5.10 Å². The number of rotatable bonds is 3. The fraction of sp³-hybridized carbons (Fsp3) is 0.250. The first-order valence-corrected chi connectivity index (χ1v) is 5.07. The molecule has 1 aromatic heterocycles. The number of aliphatic imine (C=N–C) groups is 1. The van der Waals surface area contributed by atoms with Crippen LogP contribution in [0.5, 0.6) is 0 Å². The topological polar surface area (TPSA) is 99.4 Å². The van der Waals surface area contributed by atoms with Crippen molar-refractivity contribution in [3.05, 3.63) is 34.2 Å². The standard InChI is InChI=1S/C8H9ClN6O2/c1-5-4-7(13-12-5)11-8-10-6(9)2-3-14(8)15(16)17/h2-4,8H,1H3,(H2,11,12,13). The third kappa shape index (κ3) is 2.53. The quantitative estimate of drug-likeness (QED) is 0.622. The van der Waals surface area contributed by atoms with Crippen molar-refractivity contribution >= 4 is 22.6 Å². The van der Waals surface area contributed by atoms with Crippen LogP contribution in [0.2, 0.25) is 0 Å². The number of aromatic amines is 1. The Bertz CT molecular complexity index is 496. The van der Waals surface area contributed by atoms with Gasteiger partial charge in [-0.1, -0.05) is 16.6 Å². The molecule has 1 aliphatic rings. The van der Waals surface area contributed by atoms with Crippen LogP contribution in [0.15, 0.2) is 23.3 Å². The van der Waals surface area contributed by atoms with Crippen molar-refractivity contribution in [2.75, 3.05) is 5.32 Å². The van der Waals surface area contributed by atoms with E-state index in [1.807, 2.05) is 6.92 Å². The van der Waals surface area contributed by atoms with E-state index in [4.69, 9.17) is 11.6 Å². The van der Waals surface area contributed by atoms with Gasteiger partial charge in [0.15, 0.2) is 10.9 Å². The maximum Gasteiger partial charge on any atom is 0.259 e. The molecule has 2 rings (SSSR count). The van der Waals surface area contributed by atoms with Crippen LogP contribution in [0.4, 0.5) is 5.82 Å². The molecule has 0 bridgehead atoms. The predicted molar refractivity (Wildman–Crippen MR) is 62.0 cm³/mol. The molecule has 9 heteroatoms. The number of allylic oxidation sites excluding steroid dienone is 1. The summed E-state index contributed by atoms with van der Waals surface area (Å²) in [4.78, 5) is 14.7. The first-order chi connectivity index (χ1) is 8.06. The summed E-state index contributed by atoms with van der Waals surface area (Å²) in [5, 5.41) is 20.6. The highest BCUT2D eigenvalue weighted by Gasteiger charge is 2.27. The highest BCUT2D eigenvalue weighted by Crippen LogP contribution is 2.14. The van der Waals surface area contributed by atoms with Gasteiger partial charge in [-0.15, -0.1) is 0 Å². The first-order valence-electron chi connectivity index (χ1n) is 4.69. The second kappa shape index (κ2) is 4.42. The summed E-state index contributed by atoms with van der Waals surface area (Å²) in [5.74, 6) is 0.461.